The molecule has 5 rings (SSSR count). The van der Waals surface area contributed by atoms with E-state index in [1.165, 1.54) is 28.1 Å². The first-order valence-corrected chi connectivity index (χ1v) is 11.6. The van der Waals surface area contributed by atoms with E-state index in [0.29, 0.717) is 18.8 Å². The van der Waals surface area contributed by atoms with Crippen molar-refractivity contribution in [1.82, 2.24) is 9.13 Å². The van der Waals surface area contributed by atoms with Gasteiger partial charge in [0.05, 0.1) is 6.54 Å². The summed E-state index contributed by atoms with van der Waals surface area (Å²) in [6, 6.07) is 26.8. The highest BCUT2D eigenvalue weighted by atomic mass is 16.2. The zero-order valence-electron chi connectivity index (χ0n) is 19.3. The molecular formula is C28H26N4O3. The number of hydrogen-bond donors (Lipinski definition) is 1. The molecular weight excluding hydrogens is 440 g/mol. The number of nitrogens with zero attached hydrogens (tertiary/aromatic N) is 3. The second-order valence-corrected chi connectivity index (χ2v) is 8.64. The first-order valence-electron chi connectivity index (χ1n) is 11.6. The number of benzene rings is 3. The van der Waals surface area contributed by atoms with Gasteiger partial charge in [0.15, 0.2) is 0 Å². The van der Waals surface area contributed by atoms with E-state index in [-0.39, 0.29) is 6.54 Å². The van der Waals surface area contributed by atoms with Crippen LogP contribution in [0.3, 0.4) is 0 Å². The molecule has 0 atom stereocenters. The van der Waals surface area contributed by atoms with Gasteiger partial charge in [-0.25, -0.2) is 4.79 Å². The van der Waals surface area contributed by atoms with Gasteiger partial charge in [0, 0.05) is 36.7 Å². The predicted molar refractivity (Wildman–Crippen MR) is 137 cm³/mol. The maximum atomic E-state index is 12.9. The number of carbonyl (C=O) groups excluding carboxylic acids is 1. The largest absolute Gasteiger partial charge is 0.367 e. The summed E-state index contributed by atoms with van der Waals surface area (Å²) in [6.07, 6.45) is 2.46. The SMILES string of the molecule is O=C(Cn1c(=O)ccn(Cc2ccccc2)c1=O)Nc1ccccc1CN1CCc2ccccc21. The third-order valence-electron chi connectivity index (χ3n) is 6.27. The predicted octanol–water partition coefficient (Wildman–Crippen LogP) is 3.26. The van der Waals surface area contributed by atoms with Gasteiger partial charge in [0.1, 0.15) is 6.54 Å². The van der Waals surface area contributed by atoms with Gasteiger partial charge in [-0.3, -0.25) is 18.7 Å². The summed E-state index contributed by atoms with van der Waals surface area (Å²) in [5.74, 6) is -0.420. The molecule has 3 aromatic carbocycles. The van der Waals surface area contributed by atoms with Crippen LogP contribution in [-0.4, -0.2) is 21.6 Å². The third kappa shape index (κ3) is 4.94. The van der Waals surface area contributed by atoms with Crippen LogP contribution in [-0.2, 0) is 30.8 Å². The molecule has 0 spiro atoms. The molecule has 7 nitrogen and oxygen atoms in total. The maximum Gasteiger partial charge on any atom is 0.331 e. The number of carbonyl (C=O) groups is 1. The van der Waals surface area contributed by atoms with Crippen molar-refractivity contribution in [2.45, 2.75) is 26.1 Å². The Morgan fingerprint density at radius 1 is 0.829 bits per heavy atom. The number of rotatable bonds is 7. The standard InChI is InChI=1S/C28H26N4O3/c33-26(20-32-27(34)15-17-31(28(32)35)18-21-8-2-1-3-9-21)29-24-12-6-4-11-23(24)19-30-16-14-22-10-5-7-13-25(22)30/h1-13,15,17H,14,16,18-20H2,(H,29,33). The second kappa shape index (κ2) is 9.85. The van der Waals surface area contributed by atoms with E-state index in [1.807, 2.05) is 60.7 Å². The lowest BCUT2D eigenvalue weighted by Gasteiger charge is -2.21. The second-order valence-electron chi connectivity index (χ2n) is 8.64. The van der Waals surface area contributed by atoms with Crippen molar-refractivity contribution in [3.63, 3.8) is 0 Å². The Morgan fingerprint density at radius 2 is 1.57 bits per heavy atom. The first kappa shape index (κ1) is 22.4. The average molecular weight is 467 g/mol. The van der Waals surface area contributed by atoms with Crippen molar-refractivity contribution in [3.8, 4) is 0 Å². The fourth-order valence-corrected chi connectivity index (χ4v) is 4.49. The monoisotopic (exact) mass is 466 g/mol. The zero-order chi connectivity index (χ0) is 24.2. The van der Waals surface area contributed by atoms with Crippen molar-refractivity contribution >= 4 is 17.3 Å². The van der Waals surface area contributed by atoms with E-state index >= 15 is 0 Å². The van der Waals surface area contributed by atoms with Crippen molar-refractivity contribution in [2.24, 2.45) is 0 Å². The summed E-state index contributed by atoms with van der Waals surface area (Å²) >= 11 is 0. The summed E-state index contributed by atoms with van der Waals surface area (Å²) in [5, 5.41) is 2.91. The van der Waals surface area contributed by atoms with Gasteiger partial charge in [0.2, 0.25) is 5.91 Å². The van der Waals surface area contributed by atoms with Crippen LogP contribution in [0, 0.1) is 0 Å². The van der Waals surface area contributed by atoms with Gasteiger partial charge in [0.25, 0.3) is 5.56 Å². The molecule has 7 heteroatoms. The summed E-state index contributed by atoms with van der Waals surface area (Å²) < 4.78 is 2.40. The van der Waals surface area contributed by atoms with Crippen LogP contribution >= 0.6 is 0 Å². The number of aromatic nitrogens is 2. The number of para-hydroxylation sites is 2. The highest BCUT2D eigenvalue weighted by Gasteiger charge is 2.20. The van der Waals surface area contributed by atoms with Crippen LogP contribution in [0.4, 0.5) is 11.4 Å². The number of amides is 1. The van der Waals surface area contributed by atoms with Gasteiger partial charge >= 0.3 is 5.69 Å². The number of hydrogen-bond acceptors (Lipinski definition) is 4. The van der Waals surface area contributed by atoms with E-state index in [1.54, 1.807) is 0 Å². The highest BCUT2D eigenvalue weighted by Crippen LogP contribution is 2.30. The topological polar surface area (TPSA) is 76.3 Å². The minimum atomic E-state index is -0.515. The molecule has 0 radical (unpaired) electrons. The van der Waals surface area contributed by atoms with Crippen molar-refractivity contribution in [2.75, 3.05) is 16.8 Å². The fourth-order valence-electron chi connectivity index (χ4n) is 4.49. The molecule has 1 amide bonds. The van der Waals surface area contributed by atoms with Gasteiger partial charge in [-0.15, -0.1) is 0 Å². The Balaban J connectivity index is 1.32. The van der Waals surface area contributed by atoms with E-state index in [0.717, 1.165) is 28.7 Å². The molecule has 2 heterocycles. The van der Waals surface area contributed by atoms with E-state index in [4.69, 9.17) is 0 Å². The lowest BCUT2D eigenvalue weighted by Crippen LogP contribution is -2.42. The Hall–Kier alpha value is -4.39. The fraction of sp³-hybridized carbons (Fsp3) is 0.179. The van der Waals surface area contributed by atoms with Crippen LogP contribution in [0.2, 0.25) is 0 Å². The Bertz CT molecular complexity index is 1470. The molecule has 176 valence electrons. The molecule has 1 N–H and O–H groups in total. The van der Waals surface area contributed by atoms with E-state index < -0.39 is 17.2 Å². The minimum absolute atomic E-state index is 0.321. The lowest BCUT2D eigenvalue weighted by molar-refractivity contribution is -0.116. The molecule has 0 saturated carbocycles. The minimum Gasteiger partial charge on any atom is -0.367 e. The van der Waals surface area contributed by atoms with Gasteiger partial charge in [-0.2, -0.15) is 0 Å². The molecule has 0 aliphatic carbocycles. The summed E-state index contributed by atoms with van der Waals surface area (Å²) in [5.41, 5.74) is 4.10. The first-order chi connectivity index (χ1) is 17.1. The number of fused-ring (bicyclic) bond motifs is 1. The van der Waals surface area contributed by atoms with Gasteiger partial charge in [-0.1, -0.05) is 66.7 Å². The number of anilines is 2. The molecule has 0 bridgehead atoms. The van der Waals surface area contributed by atoms with Crippen LogP contribution in [0.15, 0.2) is 101 Å². The molecule has 35 heavy (non-hydrogen) atoms. The van der Waals surface area contributed by atoms with E-state index in [9.17, 15) is 14.4 Å². The lowest BCUT2D eigenvalue weighted by atomic mass is 10.1. The molecule has 0 saturated heterocycles. The normalized spacial score (nSPS) is 12.4. The van der Waals surface area contributed by atoms with Crippen LogP contribution in [0.5, 0.6) is 0 Å². The smallest absolute Gasteiger partial charge is 0.331 e. The Morgan fingerprint density at radius 3 is 2.43 bits per heavy atom. The Labute approximate surface area is 202 Å². The summed E-state index contributed by atoms with van der Waals surface area (Å²) in [4.78, 5) is 40.6. The maximum absolute atomic E-state index is 12.9. The summed E-state index contributed by atoms with van der Waals surface area (Å²) in [7, 11) is 0. The Kier molecular flexibility index (Phi) is 6.30. The zero-order valence-corrected chi connectivity index (χ0v) is 19.3. The summed E-state index contributed by atoms with van der Waals surface area (Å²) in [6.45, 7) is 1.54. The molecule has 4 aromatic rings. The number of nitrogens with one attached hydrogen (secondary N) is 1. The molecule has 1 aliphatic rings. The molecule has 0 unspecified atom stereocenters. The van der Waals surface area contributed by atoms with Crippen LogP contribution in [0.25, 0.3) is 0 Å². The highest BCUT2D eigenvalue weighted by molar-refractivity contribution is 5.91. The molecule has 1 aromatic heterocycles. The van der Waals surface area contributed by atoms with Crippen molar-refractivity contribution in [1.29, 1.82) is 0 Å². The van der Waals surface area contributed by atoms with Gasteiger partial charge < -0.3 is 10.2 Å². The average Bonchev–Trinajstić information content (AvgIpc) is 3.28. The quantitative estimate of drug-likeness (QED) is 0.454. The van der Waals surface area contributed by atoms with Crippen molar-refractivity contribution in [3.05, 3.63) is 129 Å². The van der Waals surface area contributed by atoms with Gasteiger partial charge in [-0.05, 0) is 35.2 Å². The third-order valence-corrected chi connectivity index (χ3v) is 6.27. The van der Waals surface area contributed by atoms with Crippen molar-refractivity contribution < 1.29 is 4.79 Å². The molecule has 0 fully saturated rings. The van der Waals surface area contributed by atoms with E-state index in [2.05, 4.69) is 28.4 Å². The van der Waals surface area contributed by atoms with Crippen LogP contribution < -0.4 is 21.5 Å². The van der Waals surface area contributed by atoms with Crippen LogP contribution in [0.1, 0.15) is 16.7 Å². The molecule has 1 aliphatic heterocycles.